The van der Waals surface area contributed by atoms with Crippen molar-refractivity contribution in [1.82, 2.24) is 0 Å². The fraction of sp³-hybridized carbons (Fsp3) is 0.273. The number of phenolic OH excluding ortho intramolecular Hbond substituents is 2. The molecule has 0 aliphatic rings. The Balaban J connectivity index is 0. The molecule has 169 valence electrons. The number of aliphatic carboxylic acids is 2. The number of nitrogens with zero attached hydrogens (tertiary/aromatic N) is 2. The second-order valence-corrected chi connectivity index (χ2v) is 7.36. The Morgan fingerprint density at radius 3 is 1.25 bits per heavy atom. The zero-order valence-corrected chi connectivity index (χ0v) is 21.6. The van der Waals surface area contributed by atoms with Gasteiger partial charge in [0.2, 0.25) is 0 Å². The molecule has 0 unspecified atom stereocenters. The Kier molecular flexibility index (Phi) is 14.1. The summed E-state index contributed by atoms with van der Waals surface area (Å²) in [6.45, 7) is 5.97. The minimum Gasteiger partial charge on any atom is -0.507 e. The summed E-state index contributed by atoms with van der Waals surface area (Å²) in [4.78, 5) is 29.3. The molecule has 0 spiro atoms. The Morgan fingerprint density at radius 1 is 0.719 bits per heavy atom. The van der Waals surface area contributed by atoms with Gasteiger partial charge in [-0.15, -0.1) is 0 Å². The van der Waals surface area contributed by atoms with Gasteiger partial charge in [-0.2, -0.15) is 0 Å². The number of hydrogen-bond donors (Lipinski definition) is 4. The number of para-hydroxylation sites is 2. The van der Waals surface area contributed by atoms with Gasteiger partial charge in [-0.3, -0.25) is 9.98 Å². The minimum atomic E-state index is -1.18. The first-order valence-electron chi connectivity index (χ1n) is 9.00. The SMILES string of the molecule is CC(C)(N=Cc1ccccc1O)C(=O)O.CC(C)(N=Cc1ccccc1O)C(=O)O.[Co].[Na+]. The molecule has 0 aliphatic carbocycles. The van der Waals surface area contributed by atoms with Crippen LogP contribution in [-0.2, 0) is 26.4 Å². The zero-order chi connectivity index (χ0) is 22.9. The molecule has 32 heavy (non-hydrogen) atoms. The second kappa shape index (κ2) is 14.1. The third kappa shape index (κ3) is 10.4. The van der Waals surface area contributed by atoms with Crippen LogP contribution in [0.3, 0.4) is 0 Å². The summed E-state index contributed by atoms with van der Waals surface area (Å²) in [6.07, 6.45) is 2.73. The van der Waals surface area contributed by atoms with Gasteiger partial charge in [-0.05, 0) is 52.0 Å². The van der Waals surface area contributed by atoms with Crippen LogP contribution in [0, 0.1) is 0 Å². The number of benzene rings is 2. The predicted molar refractivity (Wildman–Crippen MR) is 115 cm³/mol. The van der Waals surface area contributed by atoms with Gasteiger partial charge < -0.3 is 20.4 Å². The van der Waals surface area contributed by atoms with Crippen LogP contribution in [0.15, 0.2) is 58.5 Å². The van der Waals surface area contributed by atoms with E-state index in [1.54, 1.807) is 36.4 Å². The zero-order valence-electron chi connectivity index (χ0n) is 18.6. The standard InChI is InChI=1S/2C11H13NO3.Co.Na/c2*1-11(2,10(14)15)12-7-8-5-3-4-6-9(8)13;;/h2*3-7,13H,1-2H3,(H,14,15);;/q;;;+1. The molecule has 2 rings (SSSR count). The number of aromatic hydroxyl groups is 2. The van der Waals surface area contributed by atoms with Crippen molar-refractivity contribution < 1.29 is 76.4 Å². The van der Waals surface area contributed by atoms with Crippen LogP contribution in [0.5, 0.6) is 11.5 Å². The summed E-state index contributed by atoms with van der Waals surface area (Å²) < 4.78 is 0. The van der Waals surface area contributed by atoms with Crippen LogP contribution < -0.4 is 29.6 Å². The molecule has 0 heterocycles. The van der Waals surface area contributed by atoms with Gasteiger partial charge in [0.25, 0.3) is 0 Å². The van der Waals surface area contributed by atoms with Gasteiger partial charge in [-0.25, -0.2) is 9.59 Å². The molecule has 10 heteroatoms. The van der Waals surface area contributed by atoms with E-state index >= 15 is 0 Å². The number of hydrogen-bond acceptors (Lipinski definition) is 6. The summed E-state index contributed by atoms with van der Waals surface area (Å²) in [5, 5.41) is 36.4. The van der Waals surface area contributed by atoms with E-state index in [0.29, 0.717) is 11.1 Å². The largest absolute Gasteiger partial charge is 1.00 e. The smallest absolute Gasteiger partial charge is 0.507 e. The molecule has 0 fully saturated rings. The van der Waals surface area contributed by atoms with E-state index in [-0.39, 0.29) is 57.8 Å². The summed E-state index contributed by atoms with van der Waals surface area (Å²) in [6, 6.07) is 13.2. The van der Waals surface area contributed by atoms with Crippen molar-refractivity contribution in [3.05, 3.63) is 59.7 Å². The topological polar surface area (TPSA) is 140 Å². The second-order valence-electron chi connectivity index (χ2n) is 7.36. The predicted octanol–water partition coefficient (Wildman–Crippen LogP) is 0.350. The fourth-order valence-electron chi connectivity index (χ4n) is 1.77. The first-order chi connectivity index (χ1) is 13.9. The van der Waals surface area contributed by atoms with Crippen LogP contribution >= 0.6 is 0 Å². The molecule has 4 N–H and O–H groups in total. The van der Waals surface area contributed by atoms with Crippen molar-refractivity contribution in [3.63, 3.8) is 0 Å². The molecular weight excluding hydrogens is 470 g/mol. The van der Waals surface area contributed by atoms with Crippen molar-refractivity contribution in [2.45, 2.75) is 38.8 Å². The van der Waals surface area contributed by atoms with Crippen LogP contribution in [0.1, 0.15) is 38.8 Å². The molecule has 0 atom stereocenters. The van der Waals surface area contributed by atoms with Gasteiger partial charge in [0, 0.05) is 40.3 Å². The average molecular weight is 496 g/mol. The Morgan fingerprint density at radius 2 is 1.00 bits per heavy atom. The molecule has 0 bridgehead atoms. The fourth-order valence-corrected chi connectivity index (χ4v) is 1.77. The number of aliphatic imine (C=N–C) groups is 2. The third-order valence-electron chi connectivity index (χ3n) is 3.97. The number of carboxylic acids is 2. The summed E-state index contributed by atoms with van der Waals surface area (Å²) in [5.41, 5.74) is -1.34. The van der Waals surface area contributed by atoms with E-state index in [1.165, 1.54) is 52.3 Å². The molecule has 2 aromatic rings. The minimum absolute atomic E-state index is 0. The summed E-state index contributed by atoms with van der Waals surface area (Å²) in [5.74, 6) is -1.84. The maximum Gasteiger partial charge on any atom is 1.00 e. The molecule has 8 nitrogen and oxygen atoms in total. The number of rotatable bonds is 6. The van der Waals surface area contributed by atoms with E-state index in [4.69, 9.17) is 10.2 Å². The Hall–Kier alpha value is -2.17. The molecule has 1 radical (unpaired) electrons. The van der Waals surface area contributed by atoms with Gasteiger partial charge in [-0.1, -0.05) is 24.3 Å². The van der Waals surface area contributed by atoms with Crippen molar-refractivity contribution in [1.29, 1.82) is 0 Å². The molecule has 2 aromatic carbocycles. The molecule has 0 aromatic heterocycles. The van der Waals surface area contributed by atoms with E-state index in [1.807, 2.05) is 0 Å². The molecule has 0 saturated heterocycles. The normalized spacial score (nSPS) is 11.1. The van der Waals surface area contributed by atoms with Crippen molar-refractivity contribution in [2.24, 2.45) is 9.98 Å². The summed E-state index contributed by atoms with van der Waals surface area (Å²) >= 11 is 0. The van der Waals surface area contributed by atoms with E-state index < -0.39 is 23.0 Å². The van der Waals surface area contributed by atoms with Crippen LogP contribution in [-0.4, -0.2) is 55.9 Å². The van der Waals surface area contributed by atoms with Crippen LogP contribution in [0.4, 0.5) is 0 Å². The van der Waals surface area contributed by atoms with Crippen molar-refractivity contribution >= 4 is 24.4 Å². The van der Waals surface area contributed by atoms with E-state index in [2.05, 4.69) is 9.98 Å². The maximum absolute atomic E-state index is 10.8. The van der Waals surface area contributed by atoms with Crippen molar-refractivity contribution in [2.75, 3.05) is 0 Å². The quantitative estimate of drug-likeness (QED) is 0.336. The maximum atomic E-state index is 10.8. The first-order valence-corrected chi connectivity index (χ1v) is 9.00. The van der Waals surface area contributed by atoms with E-state index in [0.717, 1.165) is 0 Å². The summed E-state index contributed by atoms with van der Waals surface area (Å²) in [7, 11) is 0. The van der Waals surface area contributed by atoms with Gasteiger partial charge in [0.15, 0.2) is 11.1 Å². The van der Waals surface area contributed by atoms with Gasteiger partial charge in [0.05, 0.1) is 0 Å². The van der Waals surface area contributed by atoms with Crippen LogP contribution in [0.25, 0.3) is 0 Å². The average Bonchev–Trinajstić information content (AvgIpc) is 2.67. The third-order valence-corrected chi connectivity index (χ3v) is 3.97. The molecular formula is C22H26CoN2NaO6+. The molecule has 0 aliphatic heterocycles. The van der Waals surface area contributed by atoms with Gasteiger partial charge in [0.1, 0.15) is 11.5 Å². The number of phenols is 2. The monoisotopic (exact) mass is 496 g/mol. The first kappa shape index (κ1) is 32.0. The molecule has 0 amide bonds. The Labute approximate surface area is 219 Å². The molecule has 0 saturated carbocycles. The number of carboxylic acid groups (broad SMARTS) is 2. The van der Waals surface area contributed by atoms with E-state index in [9.17, 15) is 19.8 Å². The Bertz CT molecular complexity index is 883. The van der Waals surface area contributed by atoms with Crippen molar-refractivity contribution in [3.8, 4) is 11.5 Å². The van der Waals surface area contributed by atoms with Crippen LogP contribution in [0.2, 0.25) is 0 Å². The van der Waals surface area contributed by atoms with Gasteiger partial charge >= 0.3 is 41.5 Å². The number of carbonyl (C=O) groups is 2.